The van der Waals surface area contributed by atoms with E-state index in [0.717, 1.165) is 13.0 Å². The molecule has 0 bridgehead atoms. The van der Waals surface area contributed by atoms with E-state index in [2.05, 4.69) is 5.32 Å². The fourth-order valence-corrected chi connectivity index (χ4v) is 1.83. The first-order chi connectivity index (χ1) is 7.63. The van der Waals surface area contributed by atoms with E-state index in [-0.39, 0.29) is 12.2 Å². The highest BCUT2D eigenvalue weighted by Crippen LogP contribution is 2.19. The van der Waals surface area contributed by atoms with Crippen molar-refractivity contribution in [2.24, 2.45) is 0 Å². The van der Waals surface area contributed by atoms with Gasteiger partial charge in [-0.1, -0.05) is 0 Å². The van der Waals surface area contributed by atoms with Gasteiger partial charge in [-0.15, -0.1) is 0 Å². The summed E-state index contributed by atoms with van der Waals surface area (Å²) in [6.45, 7) is 6.15. The van der Waals surface area contributed by atoms with Gasteiger partial charge in [0.1, 0.15) is 0 Å². The minimum Gasteiger partial charge on any atom is -0.479 e. The maximum atomic E-state index is 10.6. The molecule has 0 aromatic heterocycles. The summed E-state index contributed by atoms with van der Waals surface area (Å²) in [4.78, 5) is 10.6. The van der Waals surface area contributed by atoms with Crippen LogP contribution in [-0.2, 0) is 14.3 Å². The normalized spacial score (nSPS) is 26.9. The number of nitrogens with one attached hydrogen (secondary N) is 1. The molecule has 0 saturated carbocycles. The van der Waals surface area contributed by atoms with E-state index in [1.54, 1.807) is 0 Å². The van der Waals surface area contributed by atoms with Crippen molar-refractivity contribution >= 4 is 5.97 Å². The molecule has 2 N–H and O–H groups in total. The highest BCUT2D eigenvalue weighted by Gasteiger charge is 2.29. The van der Waals surface area contributed by atoms with E-state index >= 15 is 0 Å². The minimum atomic E-state index is -0.856. The summed E-state index contributed by atoms with van der Waals surface area (Å²) in [6, 6.07) is 0. The maximum absolute atomic E-state index is 10.6. The third-order valence-electron chi connectivity index (χ3n) is 2.64. The molecule has 3 atom stereocenters. The first-order valence-corrected chi connectivity index (χ1v) is 5.84. The van der Waals surface area contributed by atoms with Gasteiger partial charge in [0, 0.05) is 19.7 Å². The summed E-state index contributed by atoms with van der Waals surface area (Å²) in [7, 11) is 0. The second kappa shape index (κ2) is 6.83. The molecule has 1 saturated heterocycles. The summed E-state index contributed by atoms with van der Waals surface area (Å²) < 4.78 is 10.7. The molecule has 1 fully saturated rings. The first kappa shape index (κ1) is 13.4. The zero-order valence-electron chi connectivity index (χ0n) is 9.94. The van der Waals surface area contributed by atoms with Gasteiger partial charge in [-0.05, 0) is 26.7 Å². The second-order valence-corrected chi connectivity index (χ2v) is 4.09. The molecule has 1 rings (SSSR count). The summed E-state index contributed by atoms with van der Waals surface area (Å²) in [6.07, 6.45) is 1.02. The molecule has 0 aliphatic carbocycles. The Kier molecular flexibility index (Phi) is 5.73. The van der Waals surface area contributed by atoms with E-state index in [0.29, 0.717) is 19.6 Å². The van der Waals surface area contributed by atoms with Crippen LogP contribution in [0.15, 0.2) is 0 Å². The average Bonchev–Trinajstić information content (AvgIpc) is 2.67. The number of carboxylic acids is 1. The zero-order chi connectivity index (χ0) is 12.0. The number of hydrogen-bond acceptors (Lipinski definition) is 4. The molecule has 0 aromatic carbocycles. The number of aliphatic carboxylic acids is 1. The lowest BCUT2D eigenvalue weighted by Crippen LogP contribution is -2.34. The minimum absolute atomic E-state index is 0.0231. The second-order valence-electron chi connectivity index (χ2n) is 4.09. The van der Waals surface area contributed by atoms with Gasteiger partial charge in [0.05, 0.1) is 12.2 Å². The van der Waals surface area contributed by atoms with Crippen LogP contribution < -0.4 is 5.32 Å². The van der Waals surface area contributed by atoms with Gasteiger partial charge in [0.15, 0.2) is 6.10 Å². The Balaban J connectivity index is 2.09. The van der Waals surface area contributed by atoms with Gasteiger partial charge in [-0.2, -0.15) is 0 Å². The van der Waals surface area contributed by atoms with E-state index in [1.165, 1.54) is 0 Å². The van der Waals surface area contributed by atoms with Gasteiger partial charge in [0.25, 0.3) is 0 Å². The van der Waals surface area contributed by atoms with Crippen LogP contribution in [0.5, 0.6) is 0 Å². The molecule has 16 heavy (non-hydrogen) atoms. The Labute approximate surface area is 96.1 Å². The third-order valence-corrected chi connectivity index (χ3v) is 2.64. The highest BCUT2D eigenvalue weighted by atomic mass is 16.5. The van der Waals surface area contributed by atoms with Crippen molar-refractivity contribution in [1.82, 2.24) is 5.32 Å². The lowest BCUT2D eigenvalue weighted by atomic mass is 10.2. The van der Waals surface area contributed by atoms with Gasteiger partial charge < -0.3 is 19.9 Å². The summed E-state index contributed by atoms with van der Waals surface area (Å²) >= 11 is 0. The quantitative estimate of drug-likeness (QED) is 0.672. The maximum Gasteiger partial charge on any atom is 0.332 e. The lowest BCUT2D eigenvalue weighted by molar-refractivity contribution is -0.149. The fourth-order valence-electron chi connectivity index (χ4n) is 1.83. The van der Waals surface area contributed by atoms with Crippen LogP contribution in [0.3, 0.4) is 0 Å². The smallest absolute Gasteiger partial charge is 0.332 e. The number of rotatable bonds is 7. The first-order valence-electron chi connectivity index (χ1n) is 5.84. The van der Waals surface area contributed by atoms with Crippen LogP contribution in [0.2, 0.25) is 0 Å². The molecule has 5 heteroatoms. The molecule has 0 radical (unpaired) electrons. The topological polar surface area (TPSA) is 67.8 Å². The molecule has 5 nitrogen and oxygen atoms in total. The van der Waals surface area contributed by atoms with Crippen LogP contribution in [0.25, 0.3) is 0 Å². The predicted octanol–water partition coefficient (Wildman–Crippen LogP) is 0.633. The molecular formula is C11H21NO4. The Morgan fingerprint density at radius 1 is 1.62 bits per heavy atom. The lowest BCUT2D eigenvalue weighted by Gasteiger charge is -2.15. The van der Waals surface area contributed by atoms with Crippen LogP contribution in [0, 0.1) is 0 Å². The van der Waals surface area contributed by atoms with Gasteiger partial charge in [0.2, 0.25) is 0 Å². The van der Waals surface area contributed by atoms with Gasteiger partial charge in [-0.3, -0.25) is 0 Å². The molecule has 3 unspecified atom stereocenters. The van der Waals surface area contributed by atoms with Crippen molar-refractivity contribution in [1.29, 1.82) is 0 Å². The number of carboxylic acid groups (broad SMARTS) is 1. The molecule has 1 aliphatic rings. The molecular weight excluding hydrogens is 210 g/mol. The standard InChI is InChI=1S/C11H21NO4/c1-3-15-8(2)6-12-7-9-4-5-10(16-9)11(13)14/h8-10,12H,3-7H2,1-2H3,(H,13,14). The SMILES string of the molecule is CCOC(C)CNCC1CCC(C(=O)O)O1. The van der Waals surface area contributed by atoms with Crippen LogP contribution in [0.1, 0.15) is 26.7 Å². The Hall–Kier alpha value is -0.650. The molecule has 1 heterocycles. The van der Waals surface area contributed by atoms with Crippen molar-refractivity contribution in [2.45, 2.75) is 45.0 Å². The van der Waals surface area contributed by atoms with Crippen molar-refractivity contribution in [3.63, 3.8) is 0 Å². The monoisotopic (exact) mass is 231 g/mol. The zero-order valence-corrected chi connectivity index (χ0v) is 9.94. The number of hydrogen-bond donors (Lipinski definition) is 2. The number of ether oxygens (including phenoxy) is 2. The van der Waals surface area contributed by atoms with Gasteiger partial charge >= 0.3 is 5.97 Å². The van der Waals surface area contributed by atoms with Gasteiger partial charge in [-0.25, -0.2) is 4.79 Å². The van der Waals surface area contributed by atoms with Crippen molar-refractivity contribution in [3.05, 3.63) is 0 Å². The Morgan fingerprint density at radius 2 is 2.38 bits per heavy atom. The van der Waals surface area contributed by atoms with Crippen LogP contribution >= 0.6 is 0 Å². The van der Waals surface area contributed by atoms with Crippen LogP contribution in [-0.4, -0.2) is 49.1 Å². The van der Waals surface area contributed by atoms with E-state index in [9.17, 15) is 4.79 Å². The van der Waals surface area contributed by atoms with E-state index in [1.807, 2.05) is 13.8 Å². The average molecular weight is 231 g/mol. The largest absolute Gasteiger partial charge is 0.479 e. The van der Waals surface area contributed by atoms with Crippen molar-refractivity contribution in [2.75, 3.05) is 19.7 Å². The summed E-state index contributed by atoms with van der Waals surface area (Å²) in [5, 5.41) is 12.0. The third kappa shape index (κ3) is 4.47. The summed E-state index contributed by atoms with van der Waals surface area (Å²) in [5.41, 5.74) is 0. The van der Waals surface area contributed by atoms with Crippen molar-refractivity contribution < 1.29 is 19.4 Å². The Bertz CT molecular complexity index is 222. The molecule has 0 amide bonds. The fraction of sp³-hybridized carbons (Fsp3) is 0.909. The van der Waals surface area contributed by atoms with Crippen molar-refractivity contribution in [3.8, 4) is 0 Å². The van der Waals surface area contributed by atoms with E-state index in [4.69, 9.17) is 14.6 Å². The Morgan fingerprint density at radius 3 is 2.94 bits per heavy atom. The molecule has 94 valence electrons. The predicted molar refractivity (Wildman–Crippen MR) is 59.5 cm³/mol. The summed E-state index contributed by atoms with van der Waals surface area (Å²) in [5.74, 6) is -0.856. The highest BCUT2D eigenvalue weighted by molar-refractivity contribution is 5.72. The molecule has 1 aliphatic heterocycles. The molecule has 0 aromatic rings. The number of carbonyl (C=O) groups is 1. The molecule has 0 spiro atoms. The van der Waals surface area contributed by atoms with E-state index < -0.39 is 12.1 Å². The van der Waals surface area contributed by atoms with Crippen LogP contribution in [0.4, 0.5) is 0 Å².